The molecule has 0 bridgehead atoms. The lowest BCUT2D eigenvalue weighted by molar-refractivity contribution is -0.142. The van der Waals surface area contributed by atoms with Gasteiger partial charge in [-0.15, -0.1) is 0 Å². The Morgan fingerprint density at radius 3 is 2.48 bits per heavy atom. The highest BCUT2D eigenvalue weighted by atomic mass is 16.5. The van der Waals surface area contributed by atoms with Crippen LogP contribution in [0, 0.1) is 0 Å². The molecule has 0 spiro atoms. The molecule has 0 fully saturated rings. The molecule has 0 unspecified atom stereocenters. The molecule has 0 radical (unpaired) electrons. The lowest BCUT2D eigenvalue weighted by atomic mass is 9.93. The molecule has 3 heterocycles. The molecule has 2 amide bonds. The van der Waals surface area contributed by atoms with Gasteiger partial charge in [0, 0.05) is 25.7 Å². The first-order valence-electron chi connectivity index (χ1n) is 15.1. The van der Waals surface area contributed by atoms with E-state index in [1.54, 1.807) is 35.9 Å². The zero-order valence-corrected chi connectivity index (χ0v) is 24.8. The number of hydrogen-bond donors (Lipinski definition) is 0. The molecular weight excluding hydrogens is 532 g/mol. The van der Waals surface area contributed by atoms with Crippen LogP contribution in [0.1, 0.15) is 84.0 Å². The van der Waals surface area contributed by atoms with Gasteiger partial charge < -0.3 is 19.3 Å². The lowest BCUT2D eigenvalue weighted by Crippen LogP contribution is -2.47. The van der Waals surface area contributed by atoms with Crippen molar-refractivity contribution in [2.75, 3.05) is 26.3 Å². The highest BCUT2D eigenvalue weighted by Gasteiger charge is 2.35. The van der Waals surface area contributed by atoms with Crippen molar-refractivity contribution in [3.8, 4) is 11.6 Å². The van der Waals surface area contributed by atoms with Crippen molar-refractivity contribution in [2.24, 2.45) is 0 Å². The predicted octanol–water partition coefficient (Wildman–Crippen LogP) is 4.98. The average molecular weight is 573 g/mol. The normalized spacial score (nSPS) is 15.6. The number of nitrogens with zero attached hydrogens (tertiary/aromatic N) is 4. The second-order valence-corrected chi connectivity index (χ2v) is 11.0. The summed E-state index contributed by atoms with van der Waals surface area (Å²) in [5.41, 5.74) is 4.18. The van der Waals surface area contributed by atoms with Gasteiger partial charge >= 0.3 is 5.97 Å². The van der Waals surface area contributed by atoms with E-state index in [1.807, 2.05) is 21.9 Å². The van der Waals surface area contributed by atoms with Crippen molar-refractivity contribution in [3.63, 3.8) is 0 Å². The van der Waals surface area contributed by atoms with Crippen LogP contribution < -0.4 is 4.74 Å². The minimum atomic E-state index is -0.354. The van der Waals surface area contributed by atoms with Crippen molar-refractivity contribution < 1.29 is 23.9 Å². The van der Waals surface area contributed by atoms with Gasteiger partial charge in [-0.1, -0.05) is 57.0 Å². The maximum absolute atomic E-state index is 14.3. The predicted molar refractivity (Wildman–Crippen MR) is 159 cm³/mol. The van der Waals surface area contributed by atoms with Crippen LogP contribution in [0.15, 0.2) is 48.5 Å². The Morgan fingerprint density at radius 1 is 1.02 bits per heavy atom. The summed E-state index contributed by atoms with van der Waals surface area (Å²) in [5, 5.41) is 4.72. The van der Waals surface area contributed by atoms with Gasteiger partial charge in [-0.05, 0) is 55.0 Å². The van der Waals surface area contributed by atoms with Crippen molar-refractivity contribution in [1.82, 2.24) is 19.6 Å². The number of fused-ring (bicyclic) bond motifs is 5. The second kappa shape index (κ2) is 13.2. The number of benzene rings is 2. The van der Waals surface area contributed by atoms with Crippen LogP contribution in [0.25, 0.3) is 5.69 Å². The summed E-state index contributed by atoms with van der Waals surface area (Å²) in [5.74, 6) is -0.245. The Balaban J connectivity index is 1.57. The van der Waals surface area contributed by atoms with E-state index in [-0.39, 0.29) is 49.2 Å². The molecule has 2 aromatic carbocycles. The topological polar surface area (TPSA) is 94.0 Å². The first kappa shape index (κ1) is 29.4. The maximum Gasteiger partial charge on any atom is 0.310 e. The molecular formula is C33H40N4O5. The number of carbonyl (C=O) groups excluding carboxylic acids is 3. The van der Waals surface area contributed by atoms with Crippen molar-refractivity contribution in [1.29, 1.82) is 0 Å². The first-order chi connectivity index (χ1) is 20.4. The summed E-state index contributed by atoms with van der Waals surface area (Å²) in [4.78, 5) is 44.0. The first-order valence-corrected chi connectivity index (χ1v) is 15.1. The van der Waals surface area contributed by atoms with E-state index in [0.717, 1.165) is 31.2 Å². The van der Waals surface area contributed by atoms with Crippen LogP contribution in [0.5, 0.6) is 5.88 Å². The van der Waals surface area contributed by atoms with Gasteiger partial charge in [0.25, 0.3) is 11.8 Å². The molecule has 222 valence electrons. The van der Waals surface area contributed by atoms with Gasteiger partial charge in [-0.2, -0.15) is 9.78 Å². The van der Waals surface area contributed by atoms with E-state index in [4.69, 9.17) is 14.6 Å². The average Bonchev–Trinajstić information content (AvgIpc) is 3.43. The number of amides is 2. The smallest absolute Gasteiger partial charge is 0.310 e. The molecule has 0 aliphatic carbocycles. The highest BCUT2D eigenvalue weighted by molar-refractivity contribution is 5.99. The highest BCUT2D eigenvalue weighted by Crippen LogP contribution is 2.32. The van der Waals surface area contributed by atoms with Crippen LogP contribution in [0.3, 0.4) is 0 Å². The third kappa shape index (κ3) is 6.20. The summed E-state index contributed by atoms with van der Waals surface area (Å²) in [6.45, 7) is 8.33. The Bertz CT molecular complexity index is 1440. The van der Waals surface area contributed by atoms with E-state index < -0.39 is 0 Å². The number of ether oxygens (including phenoxy) is 2. The maximum atomic E-state index is 14.3. The van der Waals surface area contributed by atoms with Crippen LogP contribution in [-0.2, 0) is 28.9 Å². The summed E-state index contributed by atoms with van der Waals surface area (Å²) in [6.07, 6.45) is 4.52. The van der Waals surface area contributed by atoms with E-state index in [1.165, 1.54) is 5.56 Å². The molecule has 1 aromatic heterocycles. The fourth-order valence-electron chi connectivity index (χ4n) is 5.66. The lowest BCUT2D eigenvalue weighted by Gasteiger charge is -2.36. The van der Waals surface area contributed by atoms with E-state index in [2.05, 4.69) is 26.0 Å². The van der Waals surface area contributed by atoms with Gasteiger partial charge in [-0.3, -0.25) is 14.4 Å². The van der Waals surface area contributed by atoms with Crippen molar-refractivity contribution in [2.45, 2.75) is 71.9 Å². The molecule has 2 aliphatic rings. The van der Waals surface area contributed by atoms with Crippen molar-refractivity contribution in [3.05, 3.63) is 76.5 Å². The third-order valence-electron chi connectivity index (χ3n) is 7.96. The number of carbonyl (C=O) groups is 3. The Morgan fingerprint density at radius 2 is 1.76 bits per heavy atom. The van der Waals surface area contributed by atoms with Crippen molar-refractivity contribution >= 4 is 17.8 Å². The molecule has 0 saturated heterocycles. The van der Waals surface area contributed by atoms with E-state index >= 15 is 0 Å². The quantitative estimate of drug-likeness (QED) is 0.318. The van der Waals surface area contributed by atoms with E-state index in [0.29, 0.717) is 48.7 Å². The number of hydrogen-bond acceptors (Lipinski definition) is 6. The minimum absolute atomic E-state index is 0.0523. The van der Waals surface area contributed by atoms with Crippen LogP contribution in [-0.4, -0.2) is 69.7 Å². The molecule has 3 aromatic rings. The molecule has 9 nitrogen and oxygen atoms in total. The molecule has 0 N–H and O–H groups in total. The molecule has 5 rings (SSSR count). The summed E-state index contributed by atoms with van der Waals surface area (Å²) >= 11 is 0. The SMILES string of the molecule is CCCCN(CCCC)C(=O)c1cc2n(n1)-c1ccc(CC(=O)OCC)cc1C(=O)N1Cc3ccccc3C[C@H]1CO2. The summed E-state index contributed by atoms with van der Waals surface area (Å²) < 4.78 is 13.1. The molecule has 1 atom stereocenters. The minimum Gasteiger partial charge on any atom is -0.475 e. The molecule has 2 aliphatic heterocycles. The van der Waals surface area contributed by atoms with Crippen LogP contribution >= 0.6 is 0 Å². The van der Waals surface area contributed by atoms with Gasteiger partial charge in [0.05, 0.1) is 30.3 Å². The monoisotopic (exact) mass is 572 g/mol. The van der Waals surface area contributed by atoms with Gasteiger partial charge in [-0.25, -0.2) is 0 Å². The van der Waals surface area contributed by atoms with Gasteiger partial charge in [0.1, 0.15) is 6.61 Å². The Hall–Kier alpha value is -4.14. The second-order valence-electron chi connectivity index (χ2n) is 11.0. The van der Waals surface area contributed by atoms with Crippen LogP contribution in [0.4, 0.5) is 0 Å². The third-order valence-corrected chi connectivity index (χ3v) is 7.96. The molecule has 9 heteroatoms. The van der Waals surface area contributed by atoms with Gasteiger partial charge in [0.15, 0.2) is 5.69 Å². The van der Waals surface area contributed by atoms with Gasteiger partial charge in [0.2, 0.25) is 5.88 Å². The largest absolute Gasteiger partial charge is 0.475 e. The molecule has 42 heavy (non-hydrogen) atoms. The summed E-state index contributed by atoms with van der Waals surface area (Å²) in [7, 11) is 0. The standard InChI is InChI=1S/C33H40N4O5/c1-4-7-15-35(16-8-5-2)33(40)28-20-30-37(34-28)29-14-13-23(18-31(38)41-6-3)17-27(29)32(39)36-21-25-12-10-9-11-24(25)19-26(36)22-42-30/h9-14,17,20,26H,4-8,15-16,18-19,21-22H2,1-3H3/t26-/m0/s1. The fourth-order valence-corrected chi connectivity index (χ4v) is 5.66. The number of esters is 1. The summed E-state index contributed by atoms with van der Waals surface area (Å²) in [6, 6.07) is 15.0. The number of aromatic nitrogens is 2. The van der Waals surface area contributed by atoms with E-state index in [9.17, 15) is 14.4 Å². The number of unbranched alkanes of at least 4 members (excludes halogenated alkanes) is 2. The number of rotatable bonds is 10. The Kier molecular flexibility index (Phi) is 9.25. The molecule has 0 saturated carbocycles. The fraction of sp³-hybridized carbons (Fsp3) is 0.455. The van der Waals surface area contributed by atoms with Crippen LogP contribution in [0.2, 0.25) is 0 Å². The zero-order valence-electron chi connectivity index (χ0n) is 24.8. The Labute approximate surface area is 247 Å². The zero-order chi connectivity index (χ0) is 29.6.